The predicted molar refractivity (Wildman–Crippen MR) is 128 cm³/mol. The highest BCUT2D eigenvalue weighted by Gasteiger charge is 2.53. The van der Waals surface area contributed by atoms with Crippen LogP contribution in [0.2, 0.25) is 0 Å². The summed E-state index contributed by atoms with van der Waals surface area (Å²) in [5.41, 5.74) is 2.16. The molecule has 3 aromatic rings. The Kier molecular flexibility index (Phi) is 5.26. The van der Waals surface area contributed by atoms with Crippen LogP contribution < -0.4 is 9.64 Å². The number of nitrogens with zero attached hydrogens (tertiary/aromatic N) is 5. The molecule has 2 aromatic heterocycles. The van der Waals surface area contributed by atoms with E-state index in [1.54, 1.807) is 42.6 Å². The number of benzene rings is 1. The van der Waals surface area contributed by atoms with Crippen molar-refractivity contribution >= 4 is 5.95 Å². The molecule has 34 heavy (non-hydrogen) atoms. The number of rotatable bonds is 5. The summed E-state index contributed by atoms with van der Waals surface area (Å²) in [6.45, 7) is 4.16. The molecule has 0 radical (unpaired) electrons. The zero-order valence-corrected chi connectivity index (χ0v) is 19.7. The Morgan fingerprint density at radius 2 is 1.88 bits per heavy atom. The number of ether oxygens (including phenoxy) is 1. The topological polar surface area (TPSA) is 84.3 Å². The molecule has 1 aromatic carbocycles. The van der Waals surface area contributed by atoms with Crippen molar-refractivity contribution in [2.24, 2.45) is 10.8 Å². The molecule has 0 aliphatic heterocycles. The van der Waals surface area contributed by atoms with Crippen LogP contribution in [0.1, 0.15) is 26.7 Å². The number of hydrogen-bond donors (Lipinski definition) is 1. The Morgan fingerprint density at radius 3 is 2.59 bits per heavy atom. The molecule has 1 N–H and O–H groups in total. The zero-order valence-electron chi connectivity index (χ0n) is 19.7. The fraction of sp³-hybridized carbons (Fsp3) is 0.385. The molecule has 7 nitrogen and oxygen atoms in total. The maximum Gasteiger partial charge on any atom is 0.245 e. The third-order valence-corrected chi connectivity index (χ3v) is 7.21. The lowest BCUT2D eigenvalue weighted by Gasteiger charge is -2.46. The SMILES string of the molecule is COc1cc(-c2ccc(-c3cnc(N(C)[C@@H]4C[C@@]5(C)C=C[C@](C)(C5)[C@@H]4F)nn3)c(O)c2)ccn1. The van der Waals surface area contributed by atoms with E-state index in [-0.39, 0.29) is 17.2 Å². The van der Waals surface area contributed by atoms with Gasteiger partial charge in [-0.3, -0.25) is 0 Å². The van der Waals surface area contributed by atoms with Gasteiger partial charge < -0.3 is 14.7 Å². The van der Waals surface area contributed by atoms with Crippen LogP contribution in [0, 0.1) is 10.8 Å². The molecule has 176 valence electrons. The zero-order chi connectivity index (χ0) is 24.1. The monoisotopic (exact) mass is 461 g/mol. The van der Waals surface area contributed by atoms with Crippen molar-refractivity contribution in [2.75, 3.05) is 19.1 Å². The van der Waals surface area contributed by atoms with Gasteiger partial charge in [-0.2, -0.15) is 0 Å². The minimum atomic E-state index is -1.02. The number of pyridine rings is 1. The third kappa shape index (κ3) is 3.77. The van der Waals surface area contributed by atoms with Gasteiger partial charge in [-0.1, -0.05) is 32.1 Å². The van der Waals surface area contributed by atoms with Gasteiger partial charge in [0, 0.05) is 30.3 Å². The fourth-order valence-corrected chi connectivity index (χ4v) is 5.39. The smallest absolute Gasteiger partial charge is 0.245 e. The maximum absolute atomic E-state index is 15.4. The van der Waals surface area contributed by atoms with Crippen LogP contribution in [0.4, 0.5) is 10.3 Å². The first-order valence-corrected chi connectivity index (χ1v) is 11.3. The molecular weight excluding hydrogens is 433 g/mol. The van der Waals surface area contributed by atoms with E-state index in [0.29, 0.717) is 29.5 Å². The number of fused-ring (bicyclic) bond motifs is 2. The van der Waals surface area contributed by atoms with Crippen LogP contribution in [0.25, 0.3) is 22.4 Å². The second-order valence-electron chi connectivity index (χ2n) is 9.92. The number of aromatic nitrogens is 4. The van der Waals surface area contributed by atoms with Crippen molar-refractivity contribution in [1.29, 1.82) is 0 Å². The van der Waals surface area contributed by atoms with Crippen molar-refractivity contribution < 1.29 is 14.2 Å². The van der Waals surface area contributed by atoms with Crippen molar-refractivity contribution in [3.05, 3.63) is 54.9 Å². The lowest BCUT2D eigenvalue weighted by Crippen LogP contribution is -2.52. The van der Waals surface area contributed by atoms with Crippen molar-refractivity contribution in [3.8, 4) is 34.0 Å². The number of halogens is 1. The van der Waals surface area contributed by atoms with E-state index >= 15 is 4.39 Å². The van der Waals surface area contributed by atoms with Gasteiger partial charge in [0.05, 0.1) is 19.3 Å². The van der Waals surface area contributed by atoms with Crippen LogP contribution in [0.15, 0.2) is 54.9 Å². The van der Waals surface area contributed by atoms with E-state index in [9.17, 15) is 5.11 Å². The van der Waals surface area contributed by atoms with Crippen LogP contribution in [0.3, 0.4) is 0 Å². The molecule has 0 unspecified atom stereocenters. The summed E-state index contributed by atoms with van der Waals surface area (Å²) in [5.74, 6) is 0.922. The second kappa shape index (κ2) is 8.04. The van der Waals surface area contributed by atoms with Gasteiger partial charge in [-0.25, -0.2) is 14.4 Å². The highest BCUT2D eigenvalue weighted by atomic mass is 19.1. The molecule has 2 aliphatic rings. The number of methoxy groups -OCH3 is 1. The minimum absolute atomic E-state index is 0.0179. The van der Waals surface area contributed by atoms with Crippen LogP contribution >= 0.6 is 0 Å². The number of allylic oxidation sites excluding steroid dienone is 2. The van der Waals surface area contributed by atoms with Gasteiger partial charge >= 0.3 is 0 Å². The highest BCUT2D eigenvalue weighted by Crippen LogP contribution is 2.55. The summed E-state index contributed by atoms with van der Waals surface area (Å²) in [5, 5.41) is 19.2. The van der Waals surface area contributed by atoms with Crippen LogP contribution in [-0.2, 0) is 0 Å². The largest absolute Gasteiger partial charge is 0.507 e. The Bertz CT molecular complexity index is 1250. The van der Waals surface area contributed by atoms with Gasteiger partial charge in [0.2, 0.25) is 11.8 Å². The number of hydrogen-bond acceptors (Lipinski definition) is 7. The Labute approximate surface area is 198 Å². The standard InChI is InChI=1S/C26H28FN5O2/c1-25-8-9-26(2,15-25)23(27)20(13-25)32(3)24-29-14-19(30-31-24)18-6-5-16(11-21(18)33)17-7-10-28-22(12-17)34-4/h5-12,14,20,23,33H,13,15H2,1-4H3/t20-,23-,25-,26-/m1/s1. The first-order valence-electron chi connectivity index (χ1n) is 11.3. The molecule has 8 heteroatoms. The van der Waals surface area contributed by atoms with E-state index in [2.05, 4.69) is 33.2 Å². The van der Waals surface area contributed by atoms with E-state index in [1.807, 2.05) is 32.2 Å². The van der Waals surface area contributed by atoms with Crippen molar-refractivity contribution in [1.82, 2.24) is 20.2 Å². The highest BCUT2D eigenvalue weighted by molar-refractivity contribution is 5.74. The molecule has 0 spiro atoms. The lowest BCUT2D eigenvalue weighted by atomic mass is 9.66. The van der Waals surface area contributed by atoms with Crippen molar-refractivity contribution in [3.63, 3.8) is 0 Å². The number of alkyl halides is 1. The summed E-state index contributed by atoms with van der Waals surface area (Å²) >= 11 is 0. The number of phenolic OH excluding ortho intramolecular Hbond substituents is 1. The van der Waals surface area contributed by atoms with E-state index in [0.717, 1.165) is 17.5 Å². The molecule has 1 saturated carbocycles. The normalized spacial score (nSPS) is 27.6. The number of anilines is 1. The fourth-order valence-electron chi connectivity index (χ4n) is 5.39. The van der Waals surface area contributed by atoms with E-state index < -0.39 is 11.6 Å². The average molecular weight is 462 g/mol. The summed E-state index contributed by atoms with van der Waals surface area (Å²) in [6.07, 6.45) is 7.91. The first kappa shape index (κ1) is 22.3. The summed E-state index contributed by atoms with van der Waals surface area (Å²) in [6, 6.07) is 8.62. The van der Waals surface area contributed by atoms with Crippen LogP contribution in [0.5, 0.6) is 11.6 Å². The van der Waals surface area contributed by atoms with Crippen molar-refractivity contribution in [2.45, 2.75) is 38.9 Å². The molecule has 0 saturated heterocycles. The quantitative estimate of drug-likeness (QED) is 0.545. The maximum atomic E-state index is 15.4. The summed E-state index contributed by atoms with van der Waals surface area (Å²) in [4.78, 5) is 10.4. The second-order valence-corrected chi connectivity index (χ2v) is 9.92. The van der Waals surface area contributed by atoms with Gasteiger partial charge in [-0.05, 0) is 47.6 Å². The Hall–Kier alpha value is -3.55. The molecule has 4 atom stereocenters. The lowest BCUT2D eigenvalue weighted by molar-refractivity contribution is 0.0544. The van der Waals surface area contributed by atoms with E-state index in [4.69, 9.17) is 4.74 Å². The number of phenols is 1. The molecule has 1 fully saturated rings. The van der Waals surface area contributed by atoms with Gasteiger partial charge in [0.1, 0.15) is 17.6 Å². The first-order chi connectivity index (χ1) is 16.2. The molecule has 2 aliphatic carbocycles. The summed E-state index contributed by atoms with van der Waals surface area (Å²) in [7, 11) is 3.38. The molecule has 2 bridgehead atoms. The molecule has 5 rings (SSSR count). The van der Waals surface area contributed by atoms with Gasteiger partial charge in [-0.15, -0.1) is 10.2 Å². The van der Waals surface area contributed by atoms with Gasteiger partial charge in [0.15, 0.2) is 0 Å². The molecule has 0 amide bonds. The van der Waals surface area contributed by atoms with Gasteiger partial charge in [0.25, 0.3) is 0 Å². The summed E-state index contributed by atoms with van der Waals surface area (Å²) < 4.78 is 20.6. The Morgan fingerprint density at radius 1 is 1.09 bits per heavy atom. The molecule has 2 heterocycles. The minimum Gasteiger partial charge on any atom is -0.507 e. The van der Waals surface area contributed by atoms with E-state index in [1.165, 1.54) is 0 Å². The van der Waals surface area contributed by atoms with Crippen LogP contribution in [-0.4, -0.2) is 51.6 Å². The Balaban J connectivity index is 1.37. The predicted octanol–water partition coefficient (Wildman–Crippen LogP) is 4.83. The number of aromatic hydroxyl groups is 1. The average Bonchev–Trinajstić information content (AvgIpc) is 3.12. The molecular formula is C26H28FN5O2. The third-order valence-electron chi connectivity index (χ3n) is 7.21.